The third-order valence-electron chi connectivity index (χ3n) is 3.81. The van der Waals surface area contributed by atoms with E-state index in [1.54, 1.807) is 0 Å². The standard InChI is InChI=1S/C13H26N2O/c1-10(14)13(2,3)15-12(16)11-8-6-4-5-7-9-11/h10-11H,4-9,14H2,1-3H3,(H,15,16). The summed E-state index contributed by atoms with van der Waals surface area (Å²) < 4.78 is 0. The maximum absolute atomic E-state index is 12.1. The minimum Gasteiger partial charge on any atom is -0.349 e. The zero-order valence-electron chi connectivity index (χ0n) is 10.9. The third kappa shape index (κ3) is 3.78. The van der Waals surface area contributed by atoms with Crippen molar-refractivity contribution in [3.8, 4) is 0 Å². The molecular formula is C13H26N2O. The third-order valence-corrected chi connectivity index (χ3v) is 3.81. The van der Waals surface area contributed by atoms with Crippen LogP contribution in [0.4, 0.5) is 0 Å². The van der Waals surface area contributed by atoms with E-state index in [4.69, 9.17) is 5.73 Å². The summed E-state index contributed by atoms with van der Waals surface area (Å²) in [4.78, 5) is 12.1. The Labute approximate surface area is 99.2 Å². The van der Waals surface area contributed by atoms with Crippen LogP contribution in [0.25, 0.3) is 0 Å². The van der Waals surface area contributed by atoms with Crippen molar-refractivity contribution in [1.82, 2.24) is 5.32 Å². The lowest BCUT2D eigenvalue weighted by atomic mass is 9.93. The predicted octanol–water partition coefficient (Wildman–Crippen LogP) is 2.20. The quantitative estimate of drug-likeness (QED) is 0.725. The van der Waals surface area contributed by atoms with Gasteiger partial charge < -0.3 is 11.1 Å². The van der Waals surface area contributed by atoms with E-state index in [1.165, 1.54) is 25.7 Å². The molecule has 0 saturated heterocycles. The fraction of sp³-hybridized carbons (Fsp3) is 0.923. The van der Waals surface area contributed by atoms with Crippen LogP contribution in [0.15, 0.2) is 0 Å². The first-order valence-corrected chi connectivity index (χ1v) is 6.51. The predicted molar refractivity (Wildman–Crippen MR) is 67.1 cm³/mol. The lowest BCUT2D eigenvalue weighted by Crippen LogP contribution is -2.55. The molecule has 3 heteroatoms. The molecule has 1 atom stereocenters. The van der Waals surface area contributed by atoms with E-state index < -0.39 is 0 Å². The molecule has 0 aliphatic heterocycles. The van der Waals surface area contributed by atoms with Crippen LogP contribution in [0.2, 0.25) is 0 Å². The van der Waals surface area contributed by atoms with Gasteiger partial charge in [0.05, 0.1) is 0 Å². The second-order valence-corrected chi connectivity index (χ2v) is 5.69. The van der Waals surface area contributed by atoms with Crippen LogP contribution in [0.3, 0.4) is 0 Å². The summed E-state index contributed by atoms with van der Waals surface area (Å²) in [5.74, 6) is 0.407. The van der Waals surface area contributed by atoms with Crippen LogP contribution in [-0.2, 0) is 4.79 Å². The van der Waals surface area contributed by atoms with Crippen molar-refractivity contribution in [2.45, 2.75) is 70.9 Å². The van der Waals surface area contributed by atoms with Crippen molar-refractivity contribution in [3.63, 3.8) is 0 Å². The number of nitrogens with one attached hydrogen (secondary N) is 1. The Bertz CT molecular complexity index is 228. The first-order chi connectivity index (χ1) is 7.43. The zero-order chi connectivity index (χ0) is 12.2. The highest BCUT2D eigenvalue weighted by Crippen LogP contribution is 2.23. The molecule has 0 spiro atoms. The molecule has 94 valence electrons. The molecule has 1 rings (SSSR count). The van der Waals surface area contributed by atoms with Crippen LogP contribution >= 0.6 is 0 Å². The first kappa shape index (κ1) is 13.5. The molecule has 1 aliphatic carbocycles. The van der Waals surface area contributed by atoms with Gasteiger partial charge in [0.2, 0.25) is 5.91 Å². The highest BCUT2D eigenvalue weighted by Gasteiger charge is 2.28. The van der Waals surface area contributed by atoms with Crippen LogP contribution in [0, 0.1) is 5.92 Å². The molecule has 1 amide bonds. The SMILES string of the molecule is CC(N)C(C)(C)NC(=O)C1CCCCCC1. The minimum absolute atomic E-state index is 0.0257. The Balaban J connectivity index is 2.50. The molecule has 3 N–H and O–H groups in total. The van der Waals surface area contributed by atoms with Crippen molar-refractivity contribution >= 4 is 5.91 Å². The number of amides is 1. The molecule has 0 heterocycles. The smallest absolute Gasteiger partial charge is 0.223 e. The Hall–Kier alpha value is -0.570. The van der Waals surface area contributed by atoms with Gasteiger partial charge in [0, 0.05) is 17.5 Å². The summed E-state index contributed by atoms with van der Waals surface area (Å²) in [6, 6.07) is -0.0257. The van der Waals surface area contributed by atoms with E-state index in [1.807, 2.05) is 20.8 Å². The van der Waals surface area contributed by atoms with Gasteiger partial charge >= 0.3 is 0 Å². The molecule has 0 bridgehead atoms. The topological polar surface area (TPSA) is 55.1 Å². The van der Waals surface area contributed by atoms with Crippen molar-refractivity contribution in [1.29, 1.82) is 0 Å². The fourth-order valence-corrected chi connectivity index (χ4v) is 2.07. The van der Waals surface area contributed by atoms with Crippen molar-refractivity contribution in [2.75, 3.05) is 0 Å². The van der Waals surface area contributed by atoms with Crippen LogP contribution in [-0.4, -0.2) is 17.5 Å². The van der Waals surface area contributed by atoms with Gasteiger partial charge in [-0.1, -0.05) is 25.7 Å². The molecule has 0 aromatic rings. The number of hydrogen-bond donors (Lipinski definition) is 2. The molecular weight excluding hydrogens is 200 g/mol. The second kappa shape index (κ2) is 5.67. The van der Waals surface area contributed by atoms with E-state index >= 15 is 0 Å². The van der Waals surface area contributed by atoms with E-state index in [0.717, 1.165) is 12.8 Å². The summed E-state index contributed by atoms with van der Waals surface area (Å²) in [7, 11) is 0. The Morgan fingerprint density at radius 2 is 1.75 bits per heavy atom. The van der Waals surface area contributed by atoms with Gasteiger partial charge in [-0.3, -0.25) is 4.79 Å². The fourth-order valence-electron chi connectivity index (χ4n) is 2.07. The maximum atomic E-state index is 12.1. The molecule has 0 aromatic heterocycles. The summed E-state index contributed by atoms with van der Waals surface area (Å²) in [5.41, 5.74) is 5.56. The summed E-state index contributed by atoms with van der Waals surface area (Å²) in [6.45, 7) is 5.92. The number of carbonyl (C=O) groups is 1. The van der Waals surface area contributed by atoms with Gasteiger partial charge in [0.15, 0.2) is 0 Å². The molecule has 3 nitrogen and oxygen atoms in total. The van der Waals surface area contributed by atoms with Gasteiger partial charge in [-0.15, -0.1) is 0 Å². The van der Waals surface area contributed by atoms with E-state index in [-0.39, 0.29) is 23.4 Å². The average molecular weight is 226 g/mol. The van der Waals surface area contributed by atoms with E-state index in [2.05, 4.69) is 5.32 Å². The molecule has 1 saturated carbocycles. The van der Waals surface area contributed by atoms with Crippen LogP contribution in [0.5, 0.6) is 0 Å². The maximum Gasteiger partial charge on any atom is 0.223 e. The monoisotopic (exact) mass is 226 g/mol. The van der Waals surface area contributed by atoms with Crippen LogP contribution < -0.4 is 11.1 Å². The normalized spacial score (nSPS) is 21.2. The first-order valence-electron chi connectivity index (χ1n) is 6.51. The van der Waals surface area contributed by atoms with Gasteiger partial charge in [-0.05, 0) is 33.6 Å². The molecule has 1 aliphatic rings. The van der Waals surface area contributed by atoms with E-state index in [9.17, 15) is 4.79 Å². The Morgan fingerprint density at radius 1 is 1.25 bits per heavy atom. The molecule has 16 heavy (non-hydrogen) atoms. The number of rotatable bonds is 3. The van der Waals surface area contributed by atoms with E-state index in [0.29, 0.717) is 0 Å². The molecule has 1 unspecified atom stereocenters. The summed E-state index contributed by atoms with van der Waals surface area (Å²) in [6.07, 6.45) is 7.02. The molecule has 0 radical (unpaired) electrons. The van der Waals surface area contributed by atoms with Crippen molar-refractivity contribution < 1.29 is 4.79 Å². The highest BCUT2D eigenvalue weighted by molar-refractivity contribution is 5.79. The number of hydrogen-bond acceptors (Lipinski definition) is 2. The minimum atomic E-state index is -0.302. The molecule has 1 fully saturated rings. The van der Waals surface area contributed by atoms with Crippen molar-refractivity contribution in [3.05, 3.63) is 0 Å². The highest BCUT2D eigenvalue weighted by atomic mass is 16.2. The lowest BCUT2D eigenvalue weighted by Gasteiger charge is -2.32. The summed E-state index contributed by atoms with van der Waals surface area (Å²) in [5, 5.41) is 3.09. The largest absolute Gasteiger partial charge is 0.349 e. The van der Waals surface area contributed by atoms with Gasteiger partial charge in [-0.2, -0.15) is 0 Å². The number of carbonyl (C=O) groups excluding carboxylic acids is 1. The van der Waals surface area contributed by atoms with Gasteiger partial charge in [-0.25, -0.2) is 0 Å². The van der Waals surface area contributed by atoms with Gasteiger partial charge in [0.25, 0.3) is 0 Å². The summed E-state index contributed by atoms with van der Waals surface area (Å²) >= 11 is 0. The lowest BCUT2D eigenvalue weighted by molar-refractivity contribution is -0.127. The van der Waals surface area contributed by atoms with Gasteiger partial charge in [0.1, 0.15) is 0 Å². The average Bonchev–Trinajstić information content (AvgIpc) is 2.44. The Kier molecular flexibility index (Phi) is 4.78. The van der Waals surface area contributed by atoms with Crippen molar-refractivity contribution in [2.24, 2.45) is 11.7 Å². The molecule has 0 aromatic carbocycles. The number of nitrogens with two attached hydrogens (primary N) is 1. The second-order valence-electron chi connectivity index (χ2n) is 5.69. The Morgan fingerprint density at radius 3 is 2.19 bits per heavy atom. The zero-order valence-corrected chi connectivity index (χ0v) is 10.9. The van der Waals surface area contributed by atoms with Crippen LogP contribution in [0.1, 0.15) is 59.3 Å².